The molecule has 6 N–H and O–H groups in total. The van der Waals surface area contributed by atoms with Crippen LogP contribution in [-0.2, 0) is 11.2 Å². The standard InChI is InChI=1S/C14H14ClN5O3/c15-10-12(17)20-11(16)9(19-10)13(21)18-8(14(22)23)6-7-4-2-1-3-5-7/h1-5,8H,6H2,(H,18,21)(H,22,23)(H4,16,17,20). The van der Waals surface area contributed by atoms with Crippen LogP contribution in [0.1, 0.15) is 16.1 Å². The van der Waals surface area contributed by atoms with Gasteiger partial charge in [-0.25, -0.2) is 14.8 Å². The number of nitrogens with zero attached hydrogens (tertiary/aromatic N) is 2. The summed E-state index contributed by atoms with van der Waals surface area (Å²) in [7, 11) is 0. The SMILES string of the molecule is Nc1nc(N)c(C(=O)NC(Cc2ccccc2)C(=O)O)nc1Cl. The van der Waals surface area contributed by atoms with E-state index in [-0.39, 0.29) is 28.9 Å². The van der Waals surface area contributed by atoms with Crippen molar-refractivity contribution >= 4 is 35.1 Å². The van der Waals surface area contributed by atoms with Crippen molar-refractivity contribution in [3.05, 3.63) is 46.7 Å². The van der Waals surface area contributed by atoms with Crippen LogP contribution in [0.5, 0.6) is 0 Å². The van der Waals surface area contributed by atoms with Gasteiger partial charge in [-0.05, 0) is 5.56 Å². The van der Waals surface area contributed by atoms with Crippen LogP contribution < -0.4 is 16.8 Å². The van der Waals surface area contributed by atoms with Gasteiger partial charge in [0.15, 0.2) is 22.5 Å². The molecule has 2 rings (SSSR count). The third-order valence-corrected chi connectivity index (χ3v) is 3.28. The first-order chi connectivity index (χ1) is 10.9. The quantitative estimate of drug-likeness (QED) is 0.630. The normalized spacial score (nSPS) is 11.7. The van der Waals surface area contributed by atoms with Crippen LogP contribution in [0.4, 0.5) is 11.6 Å². The molecule has 0 radical (unpaired) electrons. The van der Waals surface area contributed by atoms with Gasteiger partial charge in [0.05, 0.1) is 0 Å². The molecule has 0 saturated carbocycles. The Labute approximate surface area is 136 Å². The number of carboxylic acid groups (broad SMARTS) is 1. The highest BCUT2D eigenvalue weighted by Crippen LogP contribution is 2.17. The van der Waals surface area contributed by atoms with Crippen molar-refractivity contribution in [2.24, 2.45) is 0 Å². The number of hydrogen-bond acceptors (Lipinski definition) is 6. The molecule has 120 valence electrons. The van der Waals surface area contributed by atoms with E-state index in [4.69, 9.17) is 23.1 Å². The topological polar surface area (TPSA) is 144 Å². The maximum Gasteiger partial charge on any atom is 0.326 e. The first-order valence-corrected chi connectivity index (χ1v) is 6.92. The van der Waals surface area contributed by atoms with Gasteiger partial charge < -0.3 is 21.9 Å². The summed E-state index contributed by atoms with van der Waals surface area (Å²) >= 11 is 5.71. The fourth-order valence-corrected chi connectivity index (χ4v) is 2.01. The van der Waals surface area contributed by atoms with E-state index < -0.39 is 17.9 Å². The molecule has 1 heterocycles. The summed E-state index contributed by atoms with van der Waals surface area (Å²) in [4.78, 5) is 30.9. The lowest BCUT2D eigenvalue weighted by Crippen LogP contribution is -2.43. The molecule has 0 saturated heterocycles. The van der Waals surface area contributed by atoms with Crippen molar-refractivity contribution in [1.29, 1.82) is 0 Å². The van der Waals surface area contributed by atoms with E-state index in [0.717, 1.165) is 5.56 Å². The summed E-state index contributed by atoms with van der Waals surface area (Å²) in [6, 6.07) is 7.73. The van der Waals surface area contributed by atoms with Crippen LogP contribution in [0.25, 0.3) is 0 Å². The smallest absolute Gasteiger partial charge is 0.326 e. The van der Waals surface area contributed by atoms with E-state index in [2.05, 4.69) is 15.3 Å². The number of amides is 1. The lowest BCUT2D eigenvalue weighted by Gasteiger charge is -2.15. The van der Waals surface area contributed by atoms with E-state index in [0.29, 0.717) is 0 Å². The number of aliphatic carboxylic acids is 1. The second-order valence-corrected chi connectivity index (χ2v) is 5.05. The molecule has 1 aromatic carbocycles. The highest BCUT2D eigenvalue weighted by atomic mass is 35.5. The fourth-order valence-electron chi connectivity index (χ4n) is 1.89. The Morgan fingerprint density at radius 2 is 1.83 bits per heavy atom. The predicted molar refractivity (Wildman–Crippen MR) is 84.9 cm³/mol. The number of nitrogens with two attached hydrogens (primary N) is 2. The molecule has 0 bridgehead atoms. The molecule has 1 atom stereocenters. The Balaban J connectivity index is 2.18. The van der Waals surface area contributed by atoms with E-state index >= 15 is 0 Å². The Bertz CT molecular complexity index is 739. The summed E-state index contributed by atoms with van der Waals surface area (Å²) in [6.07, 6.45) is 0.109. The van der Waals surface area contributed by atoms with Gasteiger partial charge in [-0.15, -0.1) is 0 Å². The average Bonchev–Trinajstić information content (AvgIpc) is 2.51. The summed E-state index contributed by atoms with van der Waals surface area (Å²) in [5.41, 5.74) is 11.5. The molecule has 1 unspecified atom stereocenters. The number of anilines is 2. The van der Waals surface area contributed by atoms with Crippen molar-refractivity contribution in [3.8, 4) is 0 Å². The van der Waals surface area contributed by atoms with Crippen molar-refractivity contribution in [2.45, 2.75) is 12.5 Å². The molecule has 1 aromatic heterocycles. The fraction of sp³-hybridized carbons (Fsp3) is 0.143. The zero-order chi connectivity index (χ0) is 17.0. The Morgan fingerprint density at radius 3 is 2.43 bits per heavy atom. The Hall–Kier alpha value is -2.87. The molecule has 23 heavy (non-hydrogen) atoms. The van der Waals surface area contributed by atoms with Crippen LogP contribution in [-0.4, -0.2) is 33.0 Å². The molecule has 8 nitrogen and oxygen atoms in total. The largest absolute Gasteiger partial charge is 0.480 e. The van der Waals surface area contributed by atoms with Crippen molar-refractivity contribution in [3.63, 3.8) is 0 Å². The number of aromatic nitrogens is 2. The number of carboxylic acids is 1. The highest BCUT2D eigenvalue weighted by molar-refractivity contribution is 6.31. The lowest BCUT2D eigenvalue weighted by atomic mass is 10.1. The lowest BCUT2D eigenvalue weighted by molar-refractivity contribution is -0.139. The second-order valence-electron chi connectivity index (χ2n) is 4.69. The summed E-state index contributed by atoms with van der Waals surface area (Å²) < 4.78 is 0. The number of hydrogen-bond donors (Lipinski definition) is 4. The van der Waals surface area contributed by atoms with Gasteiger partial charge in [-0.1, -0.05) is 41.9 Å². The monoisotopic (exact) mass is 335 g/mol. The van der Waals surface area contributed by atoms with E-state index in [1.54, 1.807) is 24.3 Å². The van der Waals surface area contributed by atoms with E-state index in [1.165, 1.54) is 0 Å². The minimum Gasteiger partial charge on any atom is -0.480 e. The highest BCUT2D eigenvalue weighted by Gasteiger charge is 2.24. The molecule has 0 aliphatic carbocycles. The maximum atomic E-state index is 12.2. The molecule has 0 aliphatic heterocycles. The van der Waals surface area contributed by atoms with Gasteiger partial charge >= 0.3 is 5.97 Å². The number of halogens is 1. The van der Waals surface area contributed by atoms with Crippen LogP contribution in [0.15, 0.2) is 30.3 Å². The van der Waals surface area contributed by atoms with Gasteiger partial charge in [0.25, 0.3) is 5.91 Å². The van der Waals surface area contributed by atoms with E-state index in [1.807, 2.05) is 6.07 Å². The summed E-state index contributed by atoms with van der Waals surface area (Å²) in [5.74, 6) is -2.32. The van der Waals surface area contributed by atoms with Gasteiger partial charge in [0.2, 0.25) is 0 Å². The van der Waals surface area contributed by atoms with Crippen LogP contribution in [0.3, 0.4) is 0 Å². The number of nitrogen functional groups attached to an aromatic ring is 2. The average molecular weight is 336 g/mol. The van der Waals surface area contributed by atoms with Crippen LogP contribution >= 0.6 is 11.6 Å². The minimum atomic E-state index is -1.18. The van der Waals surface area contributed by atoms with Crippen molar-refractivity contribution in [1.82, 2.24) is 15.3 Å². The molecule has 9 heteroatoms. The molecule has 0 spiro atoms. The Morgan fingerprint density at radius 1 is 1.17 bits per heavy atom. The van der Waals surface area contributed by atoms with Gasteiger partial charge in [-0.2, -0.15) is 0 Å². The zero-order valence-corrected chi connectivity index (χ0v) is 12.6. The van der Waals surface area contributed by atoms with Crippen molar-refractivity contribution < 1.29 is 14.7 Å². The third kappa shape index (κ3) is 4.07. The molecule has 1 amide bonds. The van der Waals surface area contributed by atoms with Gasteiger partial charge in [0.1, 0.15) is 6.04 Å². The number of benzene rings is 1. The van der Waals surface area contributed by atoms with Crippen LogP contribution in [0, 0.1) is 0 Å². The zero-order valence-electron chi connectivity index (χ0n) is 11.9. The Kier molecular flexibility index (Phi) is 4.97. The van der Waals surface area contributed by atoms with Crippen LogP contribution in [0.2, 0.25) is 5.15 Å². The van der Waals surface area contributed by atoms with Gasteiger partial charge in [0, 0.05) is 6.42 Å². The van der Waals surface area contributed by atoms with Gasteiger partial charge in [-0.3, -0.25) is 4.79 Å². The number of carbonyl (C=O) groups is 2. The summed E-state index contributed by atoms with van der Waals surface area (Å²) in [5, 5.41) is 11.4. The molecule has 0 aliphatic rings. The maximum absolute atomic E-state index is 12.2. The van der Waals surface area contributed by atoms with E-state index in [9.17, 15) is 14.7 Å². The van der Waals surface area contributed by atoms with Crippen molar-refractivity contribution in [2.75, 3.05) is 11.5 Å². The number of carbonyl (C=O) groups excluding carboxylic acids is 1. The number of rotatable bonds is 5. The molecule has 0 fully saturated rings. The molecular weight excluding hydrogens is 322 g/mol. The summed E-state index contributed by atoms with van der Waals surface area (Å²) in [6.45, 7) is 0. The third-order valence-electron chi connectivity index (χ3n) is 3.01. The minimum absolute atomic E-state index is 0.109. The second kappa shape index (κ2) is 6.93. The predicted octanol–water partition coefficient (Wildman–Crippen LogP) is 0.720. The number of nitrogens with one attached hydrogen (secondary N) is 1. The molecular formula is C14H14ClN5O3. The molecule has 2 aromatic rings. The first kappa shape index (κ1) is 16.5. The first-order valence-electron chi connectivity index (χ1n) is 6.54.